The van der Waals surface area contributed by atoms with E-state index in [1.807, 2.05) is 0 Å². The van der Waals surface area contributed by atoms with E-state index in [-0.39, 0.29) is 4.83 Å². The van der Waals surface area contributed by atoms with Crippen LogP contribution in [0.15, 0.2) is 0 Å². The molecule has 1 aliphatic rings. The Bertz CT molecular complexity index is 291. The van der Waals surface area contributed by atoms with E-state index in [2.05, 4.69) is 20.7 Å². The predicted octanol–water partition coefficient (Wildman–Crippen LogP) is 0.717. The molecule has 1 N–H and O–H groups in total. The Hall–Kier alpha value is 0.310. The zero-order valence-electron chi connectivity index (χ0n) is 9.49. The Morgan fingerprint density at radius 3 is 2.56 bits per heavy atom. The lowest BCUT2D eigenvalue weighted by Gasteiger charge is -2.26. The molecular weight excluding hydrogens is 296 g/mol. The van der Waals surface area contributed by atoms with Crippen molar-refractivity contribution in [3.63, 3.8) is 0 Å². The first-order valence-electron chi connectivity index (χ1n) is 5.44. The van der Waals surface area contributed by atoms with Crippen molar-refractivity contribution in [2.75, 3.05) is 33.4 Å². The van der Waals surface area contributed by atoms with Crippen molar-refractivity contribution in [1.29, 1.82) is 0 Å². The number of alkyl halides is 1. The average molecular weight is 315 g/mol. The monoisotopic (exact) mass is 314 g/mol. The Labute approximate surface area is 106 Å². The number of nitrogens with zero attached hydrogens (tertiary/aromatic N) is 1. The molecule has 0 aromatic heterocycles. The predicted molar refractivity (Wildman–Crippen MR) is 66.9 cm³/mol. The molecule has 1 unspecified atom stereocenters. The first-order valence-corrected chi connectivity index (χ1v) is 7.79. The van der Waals surface area contributed by atoms with Gasteiger partial charge in [0.15, 0.2) is 0 Å². The van der Waals surface area contributed by atoms with Crippen LogP contribution in [-0.4, -0.2) is 50.9 Å². The lowest BCUT2D eigenvalue weighted by Crippen LogP contribution is -2.45. The van der Waals surface area contributed by atoms with Gasteiger partial charge < -0.3 is 4.74 Å². The summed E-state index contributed by atoms with van der Waals surface area (Å²) in [6.45, 7) is 2.11. The van der Waals surface area contributed by atoms with Gasteiger partial charge in [0, 0.05) is 26.7 Å². The molecular formula is C9H19BrN2O3S. The summed E-state index contributed by atoms with van der Waals surface area (Å²) in [6.07, 6.45) is 3.03. The number of nitrogens with one attached hydrogen (secondary N) is 1. The van der Waals surface area contributed by atoms with Gasteiger partial charge in [-0.1, -0.05) is 22.4 Å². The van der Waals surface area contributed by atoms with E-state index >= 15 is 0 Å². The summed E-state index contributed by atoms with van der Waals surface area (Å²) < 4.78 is 32.7. The third kappa shape index (κ3) is 4.67. The summed E-state index contributed by atoms with van der Waals surface area (Å²) in [5.74, 6) is 0. The summed E-state index contributed by atoms with van der Waals surface area (Å²) in [5, 5.41) is 0. The molecule has 96 valence electrons. The van der Waals surface area contributed by atoms with Crippen LogP contribution in [0.1, 0.15) is 19.3 Å². The molecule has 1 fully saturated rings. The zero-order chi connectivity index (χ0) is 12.0. The highest BCUT2D eigenvalue weighted by Crippen LogP contribution is 2.12. The van der Waals surface area contributed by atoms with Gasteiger partial charge in [0.05, 0.1) is 11.4 Å². The fourth-order valence-electron chi connectivity index (χ4n) is 1.63. The molecule has 0 bridgehead atoms. The van der Waals surface area contributed by atoms with Gasteiger partial charge >= 0.3 is 0 Å². The second kappa shape index (κ2) is 6.90. The molecule has 1 aliphatic heterocycles. The molecule has 0 aliphatic carbocycles. The molecule has 0 aromatic carbocycles. The van der Waals surface area contributed by atoms with Crippen molar-refractivity contribution >= 4 is 26.1 Å². The summed E-state index contributed by atoms with van der Waals surface area (Å²) in [6, 6.07) is 0. The van der Waals surface area contributed by atoms with Crippen LogP contribution in [0.3, 0.4) is 0 Å². The van der Waals surface area contributed by atoms with E-state index < -0.39 is 10.2 Å². The van der Waals surface area contributed by atoms with Crippen molar-refractivity contribution in [1.82, 2.24) is 9.03 Å². The maximum atomic E-state index is 11.8. The Morgan fingerprint density at radius 1 is 1.38 bits per heavy atom. The molecule has 1 heterocycles. The number of hydrogen-bond donors (Lipinski definition) is 1. The van der Waals surface area contributed by atoms with Crippen LogP contribution in [0.4, 0.5) is 0 Å². The van der Waals surface area contributed by atoms with Crippen LogP contribution in [0.25, 0.3) is 0 Å². The first kappa shape index (κ1) is 14.4. The number of methoxy groups -OCH3 is 1. The molecule has 0 radical (unpaired) electrons. The maximum Gasteiger partial charge on any atom is 0.279 e. The first-order chi connectivity index (χ1) is 7.56. The maximum absolute atomic E-state index is 11.8. The minimum Gasteiger partial charge on any atom is -0.383 e. The van der Waals surface area contributed by atoms with E-state index in [4.69, 9.17) is 4.74 Å². The highest BCUT2D eigenvalue weighted by atomic mass is 79.9. The fourth-order valence-corrected chi connectivity index (χ4v) is 3.61. The summed E-state index contributed by atoms with van der Waals surface area (Å²) in [4.78, 5) is 0.0112. The van der Waals surface area contributed by atoms with Crippen LogP contribution in [0, 0.1) is 0 Å². The molecule has 5 nitrogen and oxygen atoms in total. The molecule has 0 aromatic rings. The summed E-state index contributed by atoms with van der Waals surface area (Å²) >= 11 is 3.34. The largest absolute Gasteiger partial charge is 0.383 e. The van der Waals surface area contributed by atoms with Crippen molar-refractivity contribution in [3.05, 3.63) is 0 Å². The van der Waals surface area contributed by atoms with E-state index in [1.54, 1.807) is 7.11 Å². The fraction of sp³-hybridized carbons (Fsp3) is 1.00. The lowest BCUT2D eigenvalue weighted by atomic mass is 10.2. The molecule has 16 heavy (non-hydrogen) atoms. The van der Waals surface area contributed by atoms with E-state index in [1.165, 1.54) is 4.31 Å². The minimum atomic E-state index is -3.30. The normalized spacial score (nSPS) is 20.9. The number of piperidine rings is 1. The smallest absolute Gasteiger partial charge is 0.279 e. The van der Waals surface area contributed by atoms with Gasteiger partial charge in [0.1, 0.15) is 0 Å². The van der Waals surface area contributed by atoms with Crippen LogP contribution in [0.5, 0.6) is 0 Å². The van der Waals surface area contributed by atoms with Crippen molar-refractivity contribution in [3.8, 4) is 0 Å². The van der Waals surface area contributed by atoms with Crippen molar-refractivity contribution in [2.45, 2.75) is 24.1 Å². The molecule has 0 amide bonds. The van der Waals surface area contributed by atoms with Gasteiger partial charge in [-0.3, -0.25) is 0 Å². The molecule has 0 saturated carbocycles. The highest BCUT2D eigenvalue weighted by Gasteiger charge is 2.23. The second-order valence-corrected chi connectivity index (χ2v) is 6.92. The van der Waals surface area contributed by atoms with Gasteiger partial charge in [-0.15, -0.1) is 0 Å². The van der Waals surface area contributed by atoms with Crippen LogP contribution < -0.4 is 4.72 Å². The van der Waals surface area contributed by atoms with Crippen molar-refractivity contribution < 1.29 is 13.2 Å². The average Bonchev–Trinajstić information content (AvgIpc) is 2.28. The zero-order valence-corrected chi connectivity index (χ0v) is 11.9. The van der Waals surface area contributed by atoms with E-state index in [9.17, 15) is 8.42 Å². The van der Waals surface area contributed by atoms with E-state index in [0.29, 0.717) is 26.2 Å². The second-order valence-electron chi connectivity index (χ2n) is 3.87. The Morgan fingerprint density at radius 2 is 2.00 bits per heavy atom. The van der Waals surface area contributed by atoms with Crippen LogP contribution >= 0.6 is 15.9 Å². The molecule has 1 rings (SSSR count). The van der Waals surface area contributed by atoms with Crippen LogP contribution in [-0.2, 0) is 14.9 Å². The third-order valence-corrected chi connectivity index (χ3v) is 4.65. The van der Waals surface area contributed by atoms with Gasteiger partial charge in [0.2, 0.25) is 0 Å². The Kier molecular flexibility index (Phi) is 6.20. The number of hydrogen-bond acceptors (Lipinski definition) is 3. The minimum absolute atomic E-state index is 0.0112. The molecule has 1 atom stereocenters. The SMILES string of the molecule is COCC(Br)CNS(=O)(=O)N1CCCCC1. The number of halogens is 1. The van der Waals surface area contributed by atoms with Crippen molar-refractivity contribution in [2.24, 2.45) is 0 Å². The topological polar surface area (TPSA) is 58.6 Å². The number of ether oxygens (including phenoxy) is 1. The van der Waals surface area contributed by atoms with Crippen LogP contribution in [0.2, 0.25) is 0 Å². The standard InChI is InChI=1S/C9H19BrN2O3S/c1-15-8-9(10)7-11-16(13,14)12-5-3-2-4-6-12/h9,11H,2-8H2,1H3. The molecule has 7 heteroatoms. The number of rotatable bonds is 6. The molecule has 1 saturated heterocycles. The van der Waals surface area contributed by atoms with Gasteiger partial charge in [0.25, 0.3) is 10.2 Å². The third-order valence-electron chi connectivity index (χ3n) is 2.49. The van der Waals surface area contributed by atoms with Gasteiger partial charge in [-0.05, 0) is 12.8 Å². The highest BCUT2D eigenvalue weighted by molar-refractivity contribution is 9.09. The van der Waals surface area contributed by atoms with E-state index in [0.717, 1.165) is 19.3 Å². The lowest BCUT2D eigenvalue weighted by molar-refractivity contribution is 0.201. The Balaban J connectivity index is 2.38. The quantitative estimate of drug-likeness (QED) is 0.735. The molecule has 0 spiro atoms. The van der Waals surface area contributed by atoms with Gasteiger partial charge in [-0.2, -0.15) is 12.7 Å². The summed E-state index contributed by atoms with van der Waals surface area (Å²) in [7, 11) is -1.71. The summed E-state index contributed by atoms with van der Waals surface area (Å²) in [5.41, 5.74) is 0. The van der Waals surface area contributed by atoms with Gasteiger partial charge in [-0.25, -0.2) is 4.72 Å².